The van der Waals surface area contributed by atoms with Gasteiger partial charge in [0, 0.05) is 31.8 Å². The van der Waals surface area contributed by atoms with E-state index in [1.807, 2.05) is 0 Å². The van der Waals surface area contributed by atoms with Crippen LogP contribution in [0.25, 0.3) is 0 Å². The van der Waals surface area contributed by atoms with E-state index in [-0.39, 0.29) is 37.3 Å². The number of aliphatic carboxylic acids is 7. The molecule has 0 amide bonds. The van der Waals surface area contributed by atoms with Crippen molar-refractivity contribution in [3.63, 3.8) is 0 Å². The number of aromatic amines is 2. The molecule has 5 unspecified atom stereocenters. The minimum atomic E-state index is -1.01. The molecule has 0 saturated carbocycles. The zero-order valence-electron chi connectivity index (χ0n) is 36.5. The fourth-order valence-electron chi connectivity index (χ4n) is 3.91. The van der Waals surface area contributed by atoms with Crippen molar-refractivity contribution >= 4 is 47.7 Å². The molecule has 29 nitrogen and oxygen atoms in total. The Morgan fingerprint density at radius 2 is 1.12 bits per heavy atom. The molecule has 0 radical (unpaired) electrons. The van der Waals surface area contributed by atoms with Gasteiger partial charge in [-0.05, 0) is 57.5 Å². The maximum absolute atomic E-state index is 10.3. The van der Waals surface area contributed by atoms with Gasteiger partial charge in [-0.25, -0.2) is 9.97 Å². The van der Waals surface area contributed by atoms with Gasteiger partial charge in [-0.3, -0.25) is 39.0 Å². The SMILES string of the molecule is CC(C)C(N)C(=O)O.N=C(N)NCCCC(N)C(=O)O.NC(Cc1c[nH]cn1)C(=O)O.NC(Cc1c[nH]cn1)C(=O)O.NCC(=O)O.NCCCCC(N)C(=O)O.O=C(O)[C@@H]1CCCN1. The number of nitrogens with two attached hydrogens (primary N) is 8. The topological polar surface area (TPSA) is 575 Å². The van der Waals surface area contributed by atoms with Crippen molar-refractivity contribution in [2.24, 2.45) is 51.8 Å². The normalized spacial score (nSPS) is 14.3. The highest BCUT2D eigenvalue weighted by Crippen LogP contribution is 2.03. The molecule has 2 aromatic heterocycles. The molecule has 3 rings (SSSR count). The molecular formula is C36H71N15O14. The number of hydrogen-bond donors (Lipinski definition) is 20. The molecule has 374 valence electrons. The predicted octanol–water partition coefficient (Wildman–Crippen LogP) is -4.18. The van der Waals surface area contributed by atoms with Crippen LogP contribution >= 0.6 is 0 Å². The molecule has 1 aliphatic rings. The third-order valence-corrected chi connectivity index (χ3v) is 7.75. The van der Waals surface area contributed by atoms with Crippen LogP contribution in [0.2, 0.25) is 0 Å². The highest BCUT2D eigenvalue weighted by Gasteiger charge is 2.20. The Labute approximate surface area is 375 Å². The number of guanidine groups is 1. The second kappa shape index (κ2) is 40.4. The van der Waals surface area contributed by atoms with Crippen LogP contribution in [0.5, 0.6) is 0 Å². The van der Waals surface area contributed by atoms with E-state index in [1.165, 1.54) is 12.7 Å². The Hall–Kier alpha value is -6.34. The van der Waals surface area contributed by atoms with Gasteiger partial charge in [0.2, 0.25) is 0 Å². The lowest BCUT2D eigenvalue weighted by Crippen LogP contribution is -2.34. The summed E-state index contributed by atoms with van der Waals surface area (Å²) >= 11 is 0. The second-order valence-electron chi connectivity index (χ2n) is 13.8. The van der Waals surface area contributed by atoms with Crippen molar-refractivity contribution in [1.82, 2.24) is 30.6 Å². The minimum absolute atomic E-state index is 0.0208. The Morgan fingerprint density at radius 3 is 1.35 bits per heavy atom. The van der Waals surface area contributed by atoms with Gasteiger partial charge in [0.15, 0.2) is 5.96 Å². The summed E-state index contributed by atoms with van der Waals surface area (Å²) in [5.74, 6) is -6.66. The number of aromatic nitrogens is 4. The highest BCUT2D eigenvalue weighted by atomic mass is 16.4. The number of carboxylic acids is 7. The lowest BCUT2D eigenvalue weighted by Gasteiger charge is -2.07. The first-order valence-electron chi connectivity index (χ1n) is 19.8. The van der Waals surface area contributed by atoms with Crippen molar-refractivity contribution in [1.29, 1.82) is 5.41 Å². The predicted molar refractivity (Wildman–Crippen MR) is 235 cm³/mol. The number of hydrogen-bond acceptors (Lipinski definition) is 18. The largest absolute Gasteiger partial charge is 0.480 e. The first-order valence-corrected chi connectivity index (χ1v) is 19.8. The quantitative estimate of drug-likeness (QED) is 0.0340. The molecule has 1 saturated heterocycles. The molecule has 1 aliphatic heterocycles. The smallest absolute Gasteiger partial charge is 0.320 e. The fourth-order valence-corrected chi connectivity index (χ4v) is 3.91. The average molecular weight is 938 g/mol. The number of H-pyrrole nitrogens is 2. The summed E-state index contributed by atoms with van der Waals surface area (Å²) in [6, 6.07) is -4.24. The van der Waals surface area contributed by atoms with E-state index in [4.69, 9.17) is 81.3 Å². The molecule has 0 bridgehead atoms. The summed E-state index contributed by atoms with van der Waals surface area (Å²) < 4.78 is 0. The van der Waals surface area contributed by atoms with Crippen LogP contribution in [0.1, 0.15) is 70.2 Å². The number of carbonyl (C=O) groups is 7. The maximum atomic E-state index is 10.3. The molecule has 0 spiro atoms. The van der Waals surface area contributed by atoms with Gasteiger partial charge < -0.3 is 102 Å². The van der Waals surface area contributed by atoms with Gasteiger partial charge in [0.05, 0.1) is 30.6 Å². The number of rotatable bonds is 20. The first kappa shape index (κ1) is 65.3. The lowest BCUT2D eigenvalue weighted by molar-refractivity contribution is -0.140. The van der Waals surface area contributed by atoms with Crippen LogP contribution in [0.15, 0.2) is 25.0 Å². The van der Waals surface area contributed by atoms with Crippen LogP contribution in [0.3, 0.4) is 0 Å². The van der Waals surface area contributed by atoms with Crippen LogP contribution in [-0.4, -0.2) is 166 Å². The van der Waals surface area contributed by atoms with Crippen LogP contribution in [0, 0.1) is 11.3 Å². The third-order valence-electron chi connectivity index (χ3n) is 7.75. The summed E-state index contributed by atoms with van der Waals surface area (Å²) in [5.41, 5.74) is 42.2. The molecule has 1 fully saturated rings. The Bertz CT molecular complexity index is 1530. The molecule has 2 aromatic rings. The van der Waals surface area contributed by atoms with Gasteiger partial charge >= 0.3 is 41.8 Å². The molecule has 3 heterocycles. The van der Waals surface area contributed by atoms with E-state index in [1.54, 1.807) is 26.2 Å². The summed E-state index contributed by atoms with van der Waals surface area (Å²) in [5, 5.41) is 69.9. The monoisotopic (exact) mass is 938 g/mol. The minimum Gasteiger partial charge on any atom is -0.480 e. The van der Waals surface area contributed by atoms with Crippen molar-refractivity contribution in [2.75, 3.05) is 26.2 Å². The number of carboxylic acid groups (broad SMARTS) is 7. The highest BCUT2D eigenvalue weighted by molar-refractivity contribution is 5.75. The summed E-state index contributed by atoms with van der Waals surface area (Å²) in [6.45, 7) is 5.22. The molecule has 65 heavy (non-hydrogen) atoms. The van der Waals surface area contributed by atoms with E-state index < -0.39 is 72.0 Å². The Morgan fingerprint density at radius 1 is 0.708 bits per heavy atom. The number of imidazole rings is 2. The van der Waals surface area contributed by atoms with Gasteiger partial charge in [-0.1, -0.05) is 20.3 Å². The van der Waals surface area contributed by atoms with E-state index >= 15 is 0 Å². The molecule has 29 heteroatoms. The second-order valence-corrected chi connectivity index (χ2v) is 13.8. The molecule has 28 N–H and O–H groups in total. The standard InChI is InChI=1S/C6H14N4O2.2C6H9N3O2.C6H14N2O2.C5H9NO2.C5H11NO2.C2H5NO2/c7-4(5(11)12)2-1-3-10-6(8)9;2*7-5(6(10)11)1-4-2-8-3-9-4;7-4-2-1-3-5(8)6(9)10;7-5(8)4-2-1-3-6-4;1-3(2)4(6)5(7)8;3-1-2(4)5/h4H,1-3,7H2,(H,11,12)(H4,8,9,10);2*2-3,5H,1,7H2,(H,8,9)(H,10,11);5H,1-4,7-8H2,(H,9,10);4,6H,1-3H2,(H,7,8);3-4H,6H2,1-2H3,(H,7,8);1,3H2,(H,4,5)/t;;;;4-;;/m....0../s1. The number of nitrogens with one attached hydrogen (secondary N) is 5. The fraction of sp³-hybridized carbons (Fsp3) is 0.611. The number of unbranched alkanes of at least 4 members (excludes halogenated alkanes) is 1. The average Bonchev–Trinajstić information content (AvgIpc) is 4.06. The van der Waals surface area contributed by atoms with Crippen molar-refractivity contribution in [3.8, 4) is 0 Å². The maximum Gasteiger partial charge on any atom is 0.320 e. The van der Waals surface area contributed by atoms with Crippen LogP contribution < -0.4 is 56.5 Å². The third kappa shape index (κ3) is 42.7. The zero-order valence-corrected chi connectivity index (χ0v) is 36.5. The van der Waals surface area contributed by atoms with Crippen LogP contribution in [-0.2, 0) is 46.4 Å². The summed E-state index contributed by atoms with van der Waals surface area (Å²) in [6.07, 6.45) is 11.7. The number of nitrogens with zero attached hydrogens (tertiary/aromatic N) is 2. The molecule has 6 atom stereocenters. The summed E-state index contributed by atoms with van der Waals surface area (Å²) in [7, 11) is 0. The van der Waals surface area contributed by atoms with Gasteiger partial charge in [0.1, 0.15) is 36.3 Å². The van der Waals surface area contributed by atoms with Gasteiger partial charge in [0.25, 0.3) is 0 Å². The Kier molecular flexibility index (Phi) is 40.6. The van der Waals surface area contributed by atoms with Crippen molar-refractivity contribution in [2.45, 2.75) is 108 Å². The van der Waals surface area contributed by atoms with E-state index in [0.717, 1.165) is 32.2 Å². The van der Waals surface area contributed by atoms with Crippen molar-refractivity contribution in [3.05, 3.63) is 36.4 Å². The first-order chi connectivity index (χ1) is 30.2. The van der Waals surface area contributed by atoms with Crippen LogP contribution in [0.4, 0.5) is 0 Å². The van der Waals surface area contributed by atoms with Crippen molar-refractivity contribution < 1.29 is 69.3 Å². The van der Waals surface area contributed by atoms with Gasteiger partial charge in [-0.2, -0.15) is 0 Å². The van der Waals surface area contributed by atoms with Gasteiger partial charge in [-0.15, -0.1) is 0 Å². The Balaban J connectivity index is -0.000000338. The summed E-state index contributed by atoms with van der Waals surface area (Å²) in [4.78, 5) is 83.4. The van der Waals surface area contributed by atoms with E-state index in [9.17, 15) is 33.6 Å². The molecule has 0 aliphatic carbocycles. The zero-order chi connectivity index (χ0) is 51.1. The molecular weight excluding hydrogens is 866 g/mol. The van der Waals surface area contributed by atoms with E-state index in [2.05, 4.69) is 36.3 Å². The lowest BCUT2D eigenvalue weighted by atomic mass is 10.1. The molecule has 0 aromatic carbocycles. The van der Waals surface area contributed by atoms with E-state index in [0.29, 0.717) is 43.7 Å².